The first kappa shape index (κ1) is 13.1. The molecule has 1 aromatic rings. The van der Waals surface area contributed by atoms with Crippen molar-refractivity contribution < 1.29 is 14.3 Å². The second-order valence-electron chi connectivity index (χ2n) is 4.81. The van der Waals surface area contributed by atoms with Crippen LogP contribution < -0.4 is 5.32 Å². The minimum absolute atomic E-state index is 0.00143. The van der Waals surface area contributed by atoms with E-state index in [0.29, 0.717) is 19.8 Å². The lowest BCUT2D eigenvalue weighted by atomic mass is 9.96. The van der Waals surface area contributed by atoms with Gasteiger partial charge < -0.3 is 14.8 Å². The molecule has 2 heterocycles. The minimum Gasteiger partial charge on any atom is -0.376 e. The molecule has 102 valence electrons. The molecule has 0 bridgehead atoms. The van der Waals surface area contributed by atoms with Gasteiger partial charge in [0.15, 0.2) is 0 Å². The average molecular weight is 326 g/mol. The maximum Gasteiger partial charge on any atom is 0.251 e. The number of alkyl halides is 1. The van der Waals surface area contributed by atoms with E-state index < -0.39 is 0 Å². The summed E-state index contributed by atoms with van der Waals surface area (Å²) in [6.45, 7) is 2.59. The van der Waals surface area contributed by atoms with E-state index in [1.165, 1.54) is 0 Å². The maximum absolute atomic E-state index is 11.9. The molecule has 0 aromatic heterocycles. The quantitative estimate of drug-likeness (QED) is 0.844. The molecule has 2 aliphatic heterocycles. The smallest absolute Gasteiger partial charge is 0.251 e. The Morgan fingerprint density at radius 3 is 3.05 bits per heavy atom. The fraction of sp³-hybridized carbons (Fsp3) is 0.500. The summed E-state index contributed by atoms with van der Waals surface area (Å²) in [5, 5.41) is 2.87. The van der Waals surface area contributed by atoms with E-state index in [9.17, 15) is 4.79 Å². The molecule has 5 heteroatoms. The lowest BCUT2D eigenvalue weighted by Gasteiger charge is -2.28. The Balaban J connectivity index is 1.84. The van der Waals surface area contributed by atoms with Gasteiger partial charge in [-0.1, -0.05) is 28.1 Å². The zero-order chi connectivity index (χ0) is 13.2. The van der Waals surface area contributed by atoms with E-state index >= 15 is 0 Å². The molecule has 1 fully saturated rings. The van der Waals surface area contributed by atoms with Crippen LogP contribution in [0.15, 0.2) is 18.2 Å². The molecule has 2 atom stereocenters. The molecule has 1 aromatic carbocycles. The van der Waals surface area contributed by atoms with E-state index in [4.69, 9.17) is 9.47 Å². The SMILES string of the molecule is O=C1NCCc2ccc(C(Br)C3COCCO3)cc21. The molecule has 19 heavy (non-hydrogen) atoms. The molecule has 0 spiro atoms. The van der Waals surface area contributed by atoms with Gasteiger partial charge in [0.2, 0.25) is 0 Å². The monoisotopic (exact) mass is 325 g/mol. The lowest BCUT2D eigenvalue weighted by Crippen LogP contribution is -2.33. The summed E-state index contributed by atoms with van der Waals surface area (Å²) in [6.07, 6.45) is 0.899. The van der Waals surface area contributed by atoms with Crippen LogP contribution in [0, 0.1) is 0 Å². The van der Waals surface area contributed by atoms with Crippen molar-refractivity contribution in [1.82, 2.24) is 5.32 Å². The van der Waals surface area contributed by atoms with Crippen molar-refractivity contribution in [3.8, 4) is 0 Å². The fourth-order valence-corrected chi connectivity index (χ4v) is 3.08. The Bertz CT molecular complexity index is 486. The number of hydrogen-bond acceptors (Lipinski definition) is 3. The summed E-state index contributed by atoms with van der Waals surface area (Å²) >= 11 is 3.66. The van der Waals surface area contributed by atoms with Crippen molar-refractivity contribution in [2.24, 2.45) is 0 Å². The normalized spacial score (nSPS) is 24.5. The Labute approximate surface area is 120 Å². The number of amides is 1. The van der Waals surface area contributed by atoms with Crippen LogP contribution in [-0.4, -0.2) is 38.4 Å². The van der Waals surface area contributed by atoms with E-state index in [-0.39, 0.29) is 16.8 Å². The van der Waals surface area contributed by atoms with Gasteiger partial charge in [-0.25, -0.2) is 0 Å². The number of hydrogen-bond donors (Lipinski definition) is 1. The van der Waals surface area contributed by atoms with Crippen LogP contribution in [0.25, 0.3) is 0 Å². The van der Waals surface area contributed by atoms with Crippen LogP contribution in [-0.2, 0) is 15.9 Å². The third kappa shape index (κ3) is 2.68. The molecule has 3 rings (SSSR count). The van der Waals surface area contributed by atoms with E-state index in [1.54, 1.807) is 0 Å². The average Bonchev–Trinajstić information content (AvgIpc) is 2.47. The van der Waals surface area contributed by atoms with Gasteiger partial charge in [0.05, 0.1) is 30.8 Å². The summed E-state index contributed by atoms with van der Waals surface area (Å²) in [7, 11) is 0. The molecular weight excluding hydrogens is 310 g/mol. The molecule has 2 aliphatic rings. The summed E-state index contributed by atoms with van der Waals surface area (Å²) < 4.78 is 11.1. The Morgan fingerprint density at radius 2 is 2.26 bits per heavy atom. The number of carbonyl (C=O) groups excluding carboxylic acids is 1. The molecule has 1 amide bonds. The number of fused-ring (bicyclic) bond motifs is 1. The number of benzene rings is 1. The number of carbonyl (C=O) groups is 1. The second kappa shape index (κ2) is 5.61. The largest absolute Gasteiger partial charge is 0.376 e. The Kier molecular flexibility index (Phi) is 3.86. The fourth-order valence-electron chi connectivity index (χ4n) is 2.49. The molecule has 0 radical (unpaired) electrons. The molecule has 4 nitrogen and oxygen atoms in total. The van der Waals surface area contributed by atoms with Crippen molar-refractivity contribution in [1.29, 1.82) is 0 Å². The first-order valence-electron chi connectivity index (χ1n) is 6.50. The molecule has 0 aliphatic carbocycles. The third-order valence-electron chi connectivity index (χ3n) is 3.55. The molecule has 2 unspecified atom stereocenters. The third-order valence-corrected chi connectivity index (χ3v) is 4.66. The summed E-state index contributed by atoms with van der Waals surface area (Å²) in [5.41, 5.74) is 2.96. The summed E-state index contributed by atoms with van der Waals surface area (Å²) in [5.74, 6) is 0.0172. The topological polar surface area (TPSA) is 47.6 Å². The van der Waals surface area contributed by atoms with Gasteiger partial charge in [-0.15, -0.1) is 0 Å². The van der Waals surface area contributed by atoms with E-state index in [2.05, 4.69) is 27.3 Å². The highest BCUT2D eigenvalue weighted by Crippen LogP contribution is 2.31. The van der Waals surface area contributed by atoms with Crippen molar-refractivity contribution in [3.63, 3.8) is 0 Å². The van der Waals surface area contributed by atoms with Crippen molar-refractivity contribution in [2.75, 3.05) is 26.4 Å². The highest BCUT2D eigenvalue weighted by molar-refractivity contribution is 9.09. The van der Waals surface area contributed by atoms with Crippen molar-refractivity contribution in [2.45, 2.75) is 17.4 Å². The zero-order valence-electron chi connectivity index (χ0n) is 10.5. The number of nitrogens with one attached hydrogen (secondary N) is 1. The van der Waals surface area contributed by atoms with Crippen LogP contribution in [0.4, 0.5) is 0 Å². The molecule has 1 saturated heterocycles. The van der Waals surface area contributed by atoms with Crippen molar-refractivity contribution in [3.05, 3.63) is 34.9 Å². The molecular formula is C14H16BrNO3. The lowest BCUT2D eigenvalue weighted by molar-refractivity contribution is -0.0876. The summed E-state index contributed by atoms with van der Waals surface area (Å²) in [4.78, 5) is 11.9. The Hall–Kier alpha value is -0.910. The first-order chi connectivity index (χ1) is 9.25. The van der Waals surface area contributed by atoms with Crippen LogP contribution in [0.3, 0.4) is 0 Å². The van der Waals surface area contributed by atoms with Gasteiger partial charge in [0, 0.05) is 12.1 Å². The second-order valence-corrected chi connectivity index (χ2v) is 5.79. The standard InChI is InChI=1S/C14H16BrNO3/c15-13(12-8-18-5-6-19-12)10-2-1-9-3-4-16-14(17)11(9)7-10/h1-2,7,12-13H,3-6,8H2,(H,16,17). The first-order valence-corrected chi connectivity index (χ1v) is 7.42. The van der Waals surface area contributed by atoms with Crippen molar-refractivity contribution >= 4 is 21.8 Å². The van der Waals surface area contributed by atoms with Gasteiger partial charge in [-0.3, -0.25) is 4.79 Å². The van der Waals surface area contributed by atoms with Crippen LogP contribution in [0.5, 0.6) is 0 Å². The van der Waals surface area contributed by atoms with Gasteiger partial charge in [-0.05, 0) is 23.6 Å². The minimum atomic E-state index is -0.00143. The van der Waals surface area contributed by atoms with Crippen LogP contribution in [0.2, 0.25) is 0 Å². The van der Waals surface area contributed by atoms with Gasteiger partial charge in [0.25, 0.3) is 5.91 Å². The maximum atomic E-state index is 11.9. The molecule has 0 saturated carbocycles. The van der Waals surface area contributed by atoms with Crippen LogP contribution >= 0.6 is 15.9 Å². The van der Waals surface area contributed by atoms with Gasteiger partial charge >= 0.3 is 0 Å². The highest BCUT2D eigenvalue weighted by Gasteiger charge is 2.26. The zero-order valence-corrected chi connectivity index (χ0v) is 12.1. The number of rotatable bonds is 2. The molecule has 1 N–H and O–H groups in total. The van der Waals surface area contributed by atoms with E-state index in [0.717, 1.165) is 29.7 Å². The van der Waals surface area contributed by atoms with Crippen LogP contribution in [0.1, 0.15) is 26.3 Å². The predicted molar refractivity (Wildman–Crippen MR) is 74.7 cm³/mol. The Morgan fingerprint density at radius 1 is 1.37 bits per heavy atom. The number of ether oxygens (including phenoxy) is 2. The van der Waals surface area contributed by atoms with E-state index in [1.807, 2.05) is 12.1 Å². The highest BCUT2D eigenvalue weighted by atomic mass is 79.9. The number of halogens is 1. The predicted octanol–water partition coefficient (Wildman–Crippen LogP) is 1.82. The van der Waals surface area contributed by atoms with Gasteiger partial charge in [-0.2, -0.15) is 0 Å². The summed E-state index contributed by atoms with van der Waals surface area (Å²) in [6, 6.07) is 6.07. The van der Waals surface area contributed by atoms with Gasteiger partial charge in [0.1, 0.15) is 0 Å².